The Hall–Kier alpha value is -2.60. The summed E-state index contributed by atoms with van der Waals surface area (Å²) in [5.74, 6) is 0. The average Bonchev–Trinajstić information content (AvgIpc) is 3.35. The molecular formula is C22H25N3O2S. The number of hydrogen-bond donors (Lipinski definition) is 1. The van der Waals surface area contributed by atoms with Gasteiger partial charge in [-0.3, -0.25) is 9.40 Å². The summed E-state index contributed by atoms with van der Waals surface area (Å²) in [6.07, 6.45) is 6.10. The first-order chi connectivity index (χ1) is 13.4. The number of benzene rings is 2. The monoisotopic (exact) mass is 395 g/mol. The first-order valence-electron chi connectivity index (χ1n) is 9.69. The third kappa shape index (κ3) is 3.69. The summed E-state index contributed by atoms with van der Waals surface area (Å²) < 4.78 is 31.1. The third-order valence-electron chi connectivity index (χ3n) is 5.49. The molecule has 1 saturated carbocycles. The van der Waals surface area contributed by atoms with Crippen LogP contribution < -0.4 is 4.72 Å². The second kappa shape index (κ2) is 7.43. The fraction of sp³-hybridized carbons (Fsp3) is 0.318. The first kappa shape index (κ1) is 18.7. The fourth-order valence-corrected chi connectivity index (χ4v) is 4.95. The minimum Gasteiger partial charge on any atom is -0.280 e. The van der Waals surface area contributed by atoms with Crippen LogP contribution in [0.1, 0.15) is 42.9 Å². The number of nitrogens with zero attached hydrogens (tertiary/aromatic N) is 2. The molecule has 1 aliphatic rings. The molecule has 0 amide bonds. The van der Waals surface area contributed by atoms with Gasteiger partial charge in [-0.25, -0.2) is 8.42 Å². The Kier molecular flexibility index (Phi) is 4.98. The zero-order valence-electron chi connectivity index (χ0n) is 16.2. The van der Waals surface area contributed by atoms with Crippen LogP contribution in [0, 0.1) is 13.8 Å². The van der Waals surface area contributed by atoms with Crippen LogP contribution in [-0.4, -0.2) is 18.2 Å². The van der Waals surface area contributed by atoms with Crippen molar-refractivity contribution in [1.29, 1.82) is 0 Å². The predicted octanol–water partition coefficient (Wildman–Crippen LogP) is 5.08. The predicted molar refractivity (Wildman–Crippen MR) is 112 cm³/mol. The van der Waals surface area contributed by atoms with Crippen molar-refractivity contribution in [2.45, 2.75) is 50.5 Å². The highest BCUT2D eigenvalue weighted by molar-refractivity contribution is 7.92. The zero-order chi connectivity index (χ0) is 19.7. The quantitative estimate of drug-likeness (QED) is 0.655. The van der Waals surface area contributed by atoms with E-state index in [1.165, 1.54) is 0 Å². The van der Waals surface area contributed by atoms with Gasteiger partial charge in [-0.15, -0.1) is 0 Å². The molecule has 146 valence electrons. The van der Waals surface area contributed by atoms with Crippen LogP contribution in [-0.2, 0) is 10.0 Å². The van der Waals surface area contributed by atoms with Gasteiger partial charge in [-0.1, -0.05) is 49.2 Å². The normalized spacial score (nSPS) is 15.1. The lowest BCUT2D eigenvalue weighted by Crippen LogP contribution is -2.13. The van der Waals surface area contributed by atoms with Crippen molar-refractivity contribution in [3.8, 4) is 11.3 Å². The summed E-state index contributed by atoms with van der Waals surface area (Å²) in [5, 5.41) is 4.70. The van der Waals surface area contributed by atoms with Gasteiger partial charge in [0.1, 0.15) is 10.6 Å². The maximum absolute atomic E-state index is 13.3. The Morgan fingerprint density at radius 3 is 2.39 bits per heavy atom. The summed E-state index contributed by atoms with van der Waals surface area (Å²) in [6.45, 7) is 3.98. The minimum atomic E-state index is -3.76. The van der Waals surface area contributed by atoms with E-state index in [1.54, 1.807) is 12.3 Å². The molecule has 0 bridgehead atoms. The van der Waals surface area contributed by atoms with Crippen LogP contribution in [0.25, 0.3) is 11.3 Å². The lowest BCUT2D eigenvalue weighted by atomic mass is 10.1. The summed E-state index contributed by atoms with van der Waals surface area (Å²) in [7, 11) is -3.76. The van der Waals surface area contributed by atoms with Crippen molar-refractivity contribution in [2.75, 3.05) is 4.72 Å². The molecule has 0 aliphatic heterocycles. The summed E-state index contributed by atoms with van der Waals surface area (Å²) in [5.41, 5.74) is 4.05. The van der Waals surface area contributed by atoms with E-state index in [9.17, 15) is 8.42 Å². The standard InChI is InChI=1S/C22H25N3O2S/c1-16-12-13-19(14-17(16)2)24-28(26,27)21-15-25(20-10-6-7-11-20)23-22(21)18-8-4-3-5-9-18/h3-5,8-9,12-15,20,24H,6-7,10-11H2,1-2H3. The van der Waals surface area contributed by atoms with E-state index in [0.29, 0.717) is 11.4 Å². The molecule has 2 aromatic carbocycles. The minimum absolute atomic E-state index is 0.226. The molecule has 0 radical (unpaired) electrons. The number of anilines is 1. The Balaban J connectivity index is 1.76. The zero-order valence-corrected chi connectivity index (χ0v) is 17.0. The maximum Gasteiger partial charge on any atom is 0.265 e. The van der Waals surface area contributed by atoms with Crippen LogP contribution in [0.5, 0.6) is 0 Å². The average molecular weight is 396 g/mol. The van der Waals surface area contributed by atoms with Gasteiger partial charge in [0, 0.05) is 17.4 Å². The van der Waals surface area contributed by atoms with Crippen LogP contribution >= 0.6 is 0 Å². The first-order valence-corrected chi connectivity index (χ1v) is 11.2. The van der Waals surface area contributed by atoms with Gasteiger partial charge < -0.3 is 0 Å². The summed E-state index contributed by atoms with van der Waals surface area (Å²) in [6, 6.07) is 15.4. The number of aryl methyl sites for hydroxylation is 2. The van der Waals surface area contributed by atoms with Gasteiger partial charge in [-0.2, -0.15) is 5.10 Å². The molecule has 1 N–H and O–H groups in total. The lowest BCUT2D eigenvalue weighted by molar-refractivity contribution is 0.467. The van der Waals surface area contributed by atoms with Gasteiger partial charge in [0.25, 0.3) is 10.0 Å². The van der Waals surface area contributed by atoms with Crippen LogP contribution in [0.15, 0.2) is 59.6 Å². The maximum atomic E-state index is 13.3. The van der Waals surface area contributed by atoms with Crippen molar-refractivity contribution < 1.29 is 8.42 Å². The molecule has 1 heterocycles. The van der Waals surface area contributed by atoms with Gasteiger partial charge in [0.2, 0.25) is 0 Å². The topological polar surface area (TPSA) is 64.0 Å². The van der Waals surface area contributed by atoms with Crippen LogP contribution in [0.3, 0.4) is 0 Å². The Morgan fingerprint density at radius 1 is 1.00 bits per heavy atom. The highest BCUT2D eigenvalue weighted by Crippen LogP contribution is 2.34. The van der Waals surface area contributed by atoms with Crippen molar-refractivity contribution in [2.24, 2.45) is 0 Å². The molecule has 0 spiro atoms. The van der Waals surface area contributed by atoms with E-state index < -0.39 is 10.0 Å². The largest absolute Gasteiger partial charge is 0.280 e. The SMILES string of the molecule is Cc1ccc(NS(=O)(=O)c2cn(C3CCCC3)nc2-c2ccccc2)cc1C. The second-order valence-electron chi connectivity index (χ2n) is 7.53. The molecule has 0 saturated heterocycles. The number of sulfonamides is 1. The van der Waals surface area contributed by atoms with E-state index in [0.717, 1.165) is 42.4 Å². The van der Waals surface area contributed by atoms with E-state index in [-0.39, 0.29) is 10.9 Å². The van der Waals surface area contributed by atoms with Gasteiger partial charge in [-0.05, 0) is 49.9 Å². The molecule has 4 rings (SSSR count). The van der Waals surface area contributed by atoms with Crippen molar-refractivity contribution in [1.82, 2.24) is 9.78 Å². The highest BCUT2D eigenvalue weighted by atomic mass is 32.2. The van der Waals surface area contributed by atoms with E-state index >= 15 is 0 Å². The number of nitrogens with one attached hydrogen (secondary N) is 1. The third-order valence-corrected chi connectivity index (χ3v) is 6.88. The van der Waals surface area contributed by atoms with Crippen LogP contribution in [0.4, 0.5) is 5.69 Å². The lowest BCUT2D eigenvalue weighted by Gasteiger charge is -2.10. The van der Waals surface area contributed by atoms with E-state index in [4.69, 9.17) is 5.10 Å². The fourth-order valence-electron chi connectivity index (χ4n) is 3.74. The molecule has 1 aliphatic carbocycles. The van der Waals surface area contributed by atoms with Crippen LogP contribution in [0.2, 0.25) is 0 Å². The van der Waals surface area contributed by atoms with Crippen molar-refractivity contribution in [3.05, 3.63) is 65.9 Å². The molecular weight excluding hydrogens is 370 g/mol. The molecule has 28 heavy (non-hydrogen) atoms. The van der Waals surface area contributed by atoms with E-state index in [1.807, 2.05) is 61.0 Å². The molecule has 0 atom stereocenters. The Labute approximate surface area is 166 Å². The highest BCUT2D eigenvalue weighted by Gasteiger charge is 2.27. The van der Waals surface area contributed by atoms with Gasteiger partial charge in [0.05, 0.1) is 6.04 Å². The van der Waals surface area contributed by atoms with Gasteiger partial charge >= 0.3 is 0 Å². The van der Waals surface area contributed by atoms with Crippen molar-refractivity contribution >= 4 is 15.7 Å². The summed E-state index contributed by atoms with van der Waals surface area (Å²) >= 11 is 0. The molecule has 1 fully saturated rings. The molecule has 0 unspecified atom stereocenters. The van der Waals surface area contributed by atoms with E-state index in [2.05, 4.69) is 4.72 Å². The molecule has 1 aromatic heterocycles. The Morgan fingerprint density at radius 2 is 1.71 bits per heavy atom. The van der Waals surface area contributed by atoms with Gasteiger partial charge in [0.15, 0.2) is 0 Å². The molecule has 3 aromatic rings. The molecule has 6 heteroatoms. The number of rotatable bonds is 5. The number of aromatic nitrogens is 2. The Bertz CT molecular complexity index is 1080. The molecule has 5 nitrogen and oxygen atoms in total. The second-order valence-corrected chi connectivity index (χ2v) is 9.18. The summed E-state index contributed by atoms with van der Waals surface area (Å²) in [4.78, 5) is 0.226. The smallest absolute Gasteiger partial charge is 0.265 e. The van der Waals surface area contributed by atoms with Crippen molar-refractivity contribution in [3.63, 3.8) is 0 Å². The number of hydrogen-bond acceptors (Lipinski definition) is 3.